The third kappa shape index (κ3) is 7.96. The molecular formula is C23H35N5O4. The molecule has 1 heterocycles. The van der Waals surface area contributed by atoms with Crippen LogP contribution in [0.4, 0.5) is 0 Å². The number of carboxylic acid groups (broad SMARTS) is 1. The molecule has 0 fully saturated rings. The van der Waals surface area contributed by atoms with E-state index in [0.717, 1.165) is 57.6 Å². The van der Waals surface area contributed by atoms with Crippen LogP contribution in [0.15, 0.2) is 29.3 Å². The van der Waals surface area contributed by atoms with Crippen LogP contribution in [0.25, 0.3) is 0 Å². The number of fused-ring (bicyclic) bond motifs is 1. The number of benzene rings is 1. The Kier molecular flexibility index (Phi) is 10.7. The van der Waals surface area contributed by atoms with Crippen LogP contribution < -0.4 is 21.3 Å². The van der Waals surface area contributed by atoms with Crippen LogP contribution in [-0.2, 0) is 27.2 Å². The second-order valence-corrected chi connectivity index (χ2v) is 7.95. The number of aldehydes is 1. The molecule has 9 heteroatoms. The molecule has 1 aromatic carbocycles. The zero-order chi connectivity index (χ0) is 23.2. The van der Waals surface area contributed by atoms with Gasteiger partial charge in [-0.15, -0.1) is 0 Å². The number of aliphatic carboxylic acids is 1. The van der Waals surface area contributed by atoms with Crippen LogP contribution in [0.1, 0.15) is 43.2 Å². The van der Waals surface area contributed by atoms with Gasteiger partial charge in [0, 0.05) is 45.3 Å². The minimum Gasteiger partial charge on any atom is -0.481 e. The fraction of sp³-hybridized carbons (Fsp3) is 0.565. The minimum atomic E-state index is -0.841. The van der Waals surface area contributed by atoms with E-state index in [-0.39, 0.29) is 12.3 Å². The smallest absolute Gasteiger partial charge is 0.303 e. The number of rotatable bonds is 11. The number of carbonyl (C=O) groups is 3. The molecule has 0 bridgehead atoms. The van der Waals surface area contributed by atoms with Crippen LogP contribution in [-0.4, -0.2) is 68.0 Å². The summed E-state index contributed by atoms with van der Waals surface area (Å²) in [6.45, 7) is 3.37. The fourth-order valence-electron chi connectivity index (χ4n) is 3.75. The van der Waals surface area contributed by atoms with Crippen LogP contribution in [0.2, 0.25) is 0 Å². The average molecular weight is 446 g/mol. The van der Waals surface area contributed by atoms with E-state index in [9.17, 15) is 14.4 Å². The summed E-state index contributed by atoms with van der Waals surface area (Å²) in [5.74, 6) is 0.166. The molecule has 0 atom stereocenters. The topological polar surface area (TPSA) is 132 Å². The van der Waals surface area contributed by atoms with Gasteiger partial charge in [0.25, 0.3) is 0 Å². The normalized spacial score (nSPS) is 15.5. The summed E-state index contributed by atoms with van der Waals surface area (Å²) in [6.07, 6.45) is 5.12. The van der Waals surface area contributed by atoms with Gasteiger partial charge in [0.05, 0.1) is 6.54 Å². The summed E-state index contributed by atoms with van der Waals surface area (Å²) in [6, 6.07) is 8.32. The number of amides is 1. The number of hydrogen-bond acceptors (Lipinski definition) is 7. The van der Waals surface area contributed by atoms with Gasteiger partial charge >= 0.3 is 5.97 Å². The summed E-state index contributed by atoms with van der Waals surface area (Å²) in [7, 11) is 1.88. The monoisotopic (exact) mass is 445 g/mol. The van der Waals surface area contributed by atoms with Gasteiger partial charge < -0.3 is 31.2 Å². The Morgan fingerprint density at radius 1 is 1.16 bits per heavy atom. The SMILES string of the molecule is CNC1(C(=O)NCCCCNC2=NCCN2)Cc2ccccc2C1.O=CCCCC(=O)O. The zero-order valence-corrected chi connectivity index (χ0v) is 18.8. The Morgan fingerprint density at radius 2 is 1.84 bits per heavy atom. The Bertz CT molecular complexity index is 771. The average Bonchev–Trinajstić information content (AvgIpc) is 3.44. The maximum Gasteiger partial charge on any atom is 0.303 e. The van der Waals surface area contributed by atoms with Crippen molar-refractivity contribution in [3.8, 4) is 0 Å². The first-order valence-electron chi connectivity index (χ1n) is 11.2. The molecule has 0 aromatic heterocycles. The van der Waals surface area contributed by atoms with Crippen LogP contribution in [0.5, 0.6) is 0 Å². The number of carbonyl (C=O) groups excluding carboxylic acids is 2. The van der Waals surface area contributed by atoms with Crippen molar-refractivity contribution in [1.82, 2.24) is 21.3 Å². The van der Waals surface area contributed by atoms with Crippen molar-refractivity contribution < 1.29 is 19.5 Å². The molecule has 0 spiro atoms. The first kappa shape index (κ1) is 25.3. The standard InChI is InChI=1S/C18H27N5O.C5H8O3/c1-19-18(12-14-6-2-3-7-15(14)13-18)16(24)20-8-4-5-9-21-17-22-10-11-23-17;6-4-2-1-3-5(7)8/h2-3,6-7,19H,4-5,8-13H2,1H3,(H,20,24)(H2,21,22,23);4H,1-3H2,(H,7,8). The molecule has 1 aliphatic heterocycles. The largest absolute Gasteiger partial charge is 0.481 e. The number of nitrogens with one attached hydrogen (secondary N) is 4. The molecule has 5 N–H and O–H groups in total. The second kappa shape index (κ2) is 13.5. The Hall–Kier alpha value is -2.94. The van der Waals surface area contributed by atoms with E-state index < -0.39 is 11.5 Å². The number of aliphatic imine (C=N–C) groups is 1. The highest BCUT2D eigenvalue weighted by molar-refractivity contribution is 5.88. The van der Waals surface area contributed by atoms with Gasteiger partial charge in [-0.05, 0) is 37.4 Å². The van der Waals surface area contributed by atoms with Crippen molar-refractivity contribution in [3.05, 3.63) is 35.4 Å². The third-order valence-corrected chi connectivity index (χ3v) is 5.58. The van der Waals surface area contributed by atoms with Gasteiger partial charge in [-0.25, -0.2) is 0 Å². The molecule has 176 valence electrons. The second-order valence-electron chi connectivity index (χ2n) is 7.95. The van der Waals surface area contributed by atoms with E-state index in [2.05, 4.69) is 38.4 Å². The lowest BCUT2D eigenvalue weighted by atomic mass is 9.94. The van der Waals surface area contributed by atoms with E-state index in [4.69, 9.17) is 5.11 Å². The molecule has 9 nitrogen and oxygen atoms in total. The van der Waals surface area contributed by atoms with E-state index in [0.29, 0.717) is 19.4 Å². The molecule has 0 unspecified atom stereocenters. The highest BCUT2D eigenvalue weighted by Gasteiger charge is 2.42. The predicted octanol–water partition coefficient (Wildman–Crippen LogP) is 0.629. The molecule has 3 rings (SSSR count). The summed E-state index contributed by atoms with van der Waals surface area (Å²) in [5, 5.41) is 20.8. The van der Waals surface area contributed by atoms with Crippen LogP contribution in [0, 0.1) is 0 Å². The Balaban J connectivity index is 0.000000390. The summed E-state index contributed by atoms with van der Waals surface area (Å²) >= 11 is 0. The number of hydrogen-bond donors (Lipinski definition) is 5. The minimum absolute atomic E-state index is 0.0960. The number of guanidine groups is 1. The number of nitrogens with zero attached hydrogens (tertiary/aromatic N) is 1. The molecule has 0 radical (unpaired) electrons. The van der Waals surface area contributed by atoms with Crippen molar-refractivity contribution >= 4 is 24.1 Å². The molecule has 32 heavy (non-hydrogen) atoms. The van der Waals surface area contributed by atoms with Gasteiger partial charge in [0.1, 0.15) is 11.8 Å². The van der Waals surface area contributed by atoms with Crippen molar-refractivity contribution in [2.75, 3.05) is 33.2 Å². The first-order valence-corrected chi connectivity index (χ1v) is 11.2. The lowest BCUT2D eigenvalue weighted by Crippen LogP contribution is -2.56. The molecule has 1 amide bonds. The Morgan fingerprint density at radius 3 is 2.41 bits per heavy atom. The van der Waals surface area contributed by atoms with Crippen molar-refractivity contribution in [1.29, 1.82) is 0 Å². The highest BCUT2D eigenvalue weighted by atomic mass is 16.4. The first-order chi connectivity index (χ1) is 15.5. The van der Waals surface area contributed by atoms with Crippen LogP contribution >= 0.6 is 0 Å². The van der Waals surface area contributed by atoms with Gasteiger partial charge in [-0.2, -0.15) is 0 Å². The Labute approximate surface area is 189 Å². The number of carboxylic acids is 1. The van der Waals surface area contributed by atoms with Crippen molar-refractivity contribution in [2.24, 2.45) is 4.99 Å². The molecule has 1 aliphatic carbocycles. The molecule has 1 aromatic rings. The third-order valence-electron chi connectivity index (χ3n) is 5.58. The maximum atomic E-state index is 12.7. The molecular weight excluding hydrogens is 410 g/mol. The molecule has 0 saturated carbocycles. The van der Waals surface area contributed by atoms with Gasteiger partial charge in [-0.1, -0.05) is 24.3 Å². The fourth-order valence-corrected chi connectivity index (χ4v) is 3.75. The van der Waals surface area contributed by atoms with Crippen molar-refractivity contribution in [2.45, 2.75) is 50.5 Å². The maximum absolute atomic E-state index is 12.7. The quantitative estimate of drug-likeness (QED) is 0.249. The molecule has 0 saturated heterocycles. The molecule has 2 aliphatic rings. The van der Waals surface area contributed by atoms with Crippen molar-refractivity contribution in [3.63, 3.8) is 0 Å². The van der Waals surface area contributed by atoms with Crippen LogP contribution in [0.3, 0.4) is 0 Å². The van der Waals surface area contributed by atoms with Gasteiger partial charge in [0.15, 0.2) is 5.96 Å². The zero-order valence-electron chi connectivity index (χ0n) is 18.8. The summed E-state index contributed by atoms with van der Waals surface area (Å²) < 4.78 is 0. The summed E-state index contributed by atoms with van der Waals surface area (Å²) in [4.78, 5) is 36.3. The summed E-state index contributed by atoms with van der Waals surface area (Å²) in [5.41, 5.74) is 2.05. The number of likely N-dealkylation sites (N-methyl/N-ethyl adjacent to an activating group) is 1. The van der Waals surface area contributed by atoms with Gasteiger partial charge in [0.2, 0.25) is 5.91 Å². The van der Waals surface area contributed by atoms with E-state index in [1.807, 2.05) is 19.2 Å². The van der Waals surface area contributed by atoms with E-state index in [1.165, 1.54) is 11.1 Å². The lowest BCUT2D eigenvalue weighted by Gasteiger charge is -2.27. The van der Waals surface area contributed by atoms with E-state index >= 15 is 0 Å². The van der Waals surface area contributed by atoms with Gasteiger partial charge in [-0.3, -0.25) is 14.6 Å². The number of unbranched alkanes of at least 4 members (excludes halogenated alkanes) is 2. The highest BCUT2D eigenvalue weighted by Crippen LogP contribution is 2.30. The predicted molar refractivity (Wildman–Crippen MR) is 124 cm³/mol. The van der Waals surface area contributed by atoms with E-state index in [1.54, 1.807) is 0 Å². The lowest BCUT2D eigenvalue weighted by molar-refractivity contribution is -0.137.